The quantitative estimate of drug-likeness (QED) is 0.555. The van der Waals surface area contributed by atoms with Crippen molar-refractivity contribution < 1.29 is 17.7 Å². The van der Waals surface area contributed by atoms with Crippen LogP contribution in [-0.4, -0.2) is 41.9 Å². The number of hydrogen-bond donors (Lipinski definition) is 0. The molecule has 1 aliphatic heterocycles. The molecule has 1 aromatic heterocycles. The Morgan fingerprint density at radius 3 is 2.41 bits per heavy atom. The molecule has 0 saturated carbocycles. The van der Waals surface area contributed by atoms with E-state index in [1.54, 1.807) is 11.0 Å². The fourth-order valence-corrected chi connectivity index (χ4v) is 5.75. The monoisotopic (exact) mass is 452 g/mol. The molecule has 168 valence electrons. The maximum atomic E-state index is 13.4. The summed E-state index contributed by atoms with van der Waals surface area (Å²) in [7, 11) is -3.14. The lowest BCUT2D eigenvalue weighted by Gasteiger charge is -2.27. The molecule has 1 aliphatic rings. The van der Waals surface area contributed by atoms with Crippen molar-refractivity contribution >= 4 is 15.7 Å². The average Bonchev–Trinajstić information content (AvgIpc) is 3.40. The zero-order valence-electron chi connectivity index (χ0n) is 18.7. The number of amides is 1. The molecule has 1 atom stereocenters. The molecule has 1 fully saturated rings. The number of hydrogen-bond acceptors (Lipinski definition) is 5. The van der Waals surface area contributed by atoms with E-state index in [0.29, 0.717) is 18.7 Å². The van der Waals surface area contributed by atoms with Crippen molar-refractivity contribution in [3.8, 4) is 11.3 Å². The Kier molecular flexibility index (Phi) is 6.20. The van der Waals surface area contributed by atoms with Crippen molar-refractivity contribution in [3.05, 3.63) is 76.5 Å². The average molecular weight is 453 g/mol. The zero-order chi connectivity index (χ0) is 22.9. The fourth-order valence-electron chi connectivity index (χ4n) is 4.02. The van der Waals surface area contributed by atoms with Crippen molar-refractivity contribution in [1.82, 2.24) is 10.1 Å². The van der Waals surface area contributed by atoms with Crippen molar-refractivity contribution in [2.24, 2.45) is 0 Å². The first kappa shape index (κ1) is 22.3. The summed E-state index contributed by atoms with van der Waals surface area (Å²) >= 11 is 0. The Hall–Kier alpha value is -2.93. The van der Waals surface area contributed by atoms with Gasteiger partial charge < -0.3 is 9.42 Å². The van der Waals surface area contributed by atoms with Gasteiger partial charge in [-0.05, 0) is 55.0 Å². The molecule has 2 heterocycles. The van der Waals surface area contributed by atoms with E-state index >= 15 is 0 Å². The Labute approximate surface area is 189 Å². The summed E-state index contributed by atoms with van der Waals surface area (Å²) in [6.45, 7) is 6.48. The van der Waals surface area contributed by atoms with Crippen molar-refractivity contribution in [3.63, 3.8) is 0 Å². The van der Waals surface area contributed by atoms with E-state index in [9.17, 15) is 13.2 Å². The molecule has 7 heteroatoms. The number of sulfone groups is 1. The standard InChI is InChI=1S/C25H28N2O4S/c1-4-19-6-8-20(9-7-19)15-27(22-11-12-32(29,30)16-22)25(28)23-14-24(31-26-23)21-10-5-17(2)18(3)13-21/h5-10,13-14,22H,4,11-12,15-16H2,1-3H3/t22-/m0/s1. The number of benzene rings is 2. The molecule has 6 nitrogen and oxygen atoms in total. The Morgan fingerprint density at radius 1 is 1.06 bits per heavy atom. The van der Waals surface area contributed by atoms with Crippen LogP contribution in [0.1, 0.15) is 46.1 Å². The second kappa shape index (κ2) is 8.90. The van der Waals surface area contributed by atoms with E-state index in [4.69, 9.17) is 4.52 Å². The molecule has 0 unspecified atom stereocenters. The van der Waals surface area contributed by atoms with Crippen LogP contribution < -0.4 is 0 Å². The van der Waals surface area contributed by atoms with E-state index in [1.807, 2.05) is 56.3 Å². The van der Waals surface area contributed by atoms with Crippen LogP contribution in [0.25, 0.3) is 11.3 Å². The van der Waals surface area contributed by atoms with Crippen LogP contribution >= 0.6 is 0 Å². The second-order valence-electron chi connectivity index (χ2n) is 8.54. The number of nitrogens with zero attached hydrogens (tertiary/aromatic N) is 2. The predicted molar refractivity (Wildman–Crippen MR) is 124 cm³/mol. The van der Waals surface area contributed by atoms with Gasteiger partial charge in [-0.15, -0.1) is 0 Å². The molecule has 0 bridgehead atoms. The highest BCUT2D eigenvalue weighted by Gasteiger charge is 2.36. The zero-order valence-corrected chi connectivity index (χ0v) is 19.5. The van der Waals surface area contributed by atoms with Gasteiger partial charge in [-0.1, -0.05) is 48.5 Å². The lowest BCUT2D eigenvalue weighted by molar-refractivity contribution is 0.0670. The molecule has 1 amide bonds. The lowest BCUT2D eigenvalue weighted by Crippen LogP contribution is -2.40. The van der Waals surface area contributed by atoms with Crippen molar-refractivity contribution in [2.45, 2.75) is 46.2 Å². The predicted octanol–water partition coefficient (Wildman–Crippen LogP) is 4.35. The highest BCUT2D eigenvalue weighted by molar-refractivity contribution is 7.91. The third kappa shape index (κ3) is 4.78. The number of aryl methyl sites for hydroxylation is 3. The van der Waals surface area contributed by atoms with Gasteiger partial charge in [0.2, 0.25) is 0 Å². The van der Waals surface area contributed by atoms with Crippen LogP contribution in [0.5, 0.6) is 0 Å². The van der Waals surface area contributed by atoms with E-state index in [2.05, 4.69) is 12.1 Å². The van der Waals surface area contributed by atoms with Crippen LogP contribution in [0.3, 0.4) is 0 Å². The number of aromatic nitrogens is 1. The third-order valence-corrected chi connectivity index (χ3v) is 7.97. The minimum absolute atomic E-state index is 0.0202. The van der Waals surface area contributed by atoms with Gasteiger partial charge in [0.05, 0.1) is 11.5 Å². The molecule has 0 aliphatic carbocycles. The summed E-state index contributed by atoms with van der Waals surface area (Å²) in [5.74, 6) is 0.282. The first-order chi connectivity index (χ1) is 15.3. The van der Waals surface area contributed by atoms with Gasteiger partial charge >= 0.3 is 0 Å². The van der Waals surface area contributed by atoms with Gasteiger partial charge in [-0.2, -0.15) is 0 Å². The van der Waals surface area contributed by atoms with Crippen LogP contribution in [0.2, 0.25) is 0 Å². The fraction of sp³-hybridized carbons (Fsp3) is 0.360. The van der Waals surface area contributed by atoms with Crippen LogP contribution in [-0.2, 0) is 22.8 Å². The van der Waals surface area contributed by atoms with Gasteiger partial charge in [-0.25, -0.2) is 8.42 Å². The SMILES string of the molecule is CCc1ccc(CN(C(=O)c2cc(-c3ccc(C)c(C)c3)on2)[C@H]2CCS(=O)(=O)C2)cc1. The maximum Gasteiger partial charge on any atom is 0.276 e. The second-order valence-corrected chi connectivity index (χ2v) is 10.8. The van der Waals surface area contributed by atoms with Crippen molar-refractivity contribution in [2.75, 3.05) is 11.5 Å². The van der Waals surface area contributed by atoms with E-state index in [-0.39, 0.29) is 29.1 Å². The molecule has 0 radical (unpaired) electrons. The van der Waals surface area contributed by atoms with E-state index in [0.717, 1.165) is 23.1 Å². The van der Waals surface area contributed by atoms with E-state index in [1.165, 1.54) is 11.1 Å². The van der Waals surface area contributed by atoms with E-state index < -0.39 is 9.84 Å². The summed E-state index contributed by atoms with van der Waals surface area (Å²) in [5, 5.41) is 4.03. The Bertz CT molecular complexity index is 1230. The lowest BCUT2D eigenvalue weighted by atomic mass is 10.0. The minimum atomic E-state index is -3.14. The summed E-state index contributed by atoms with van der Waals surface area (Å²) in [6, 6.07) is 15.3. The normalized spacial score (nSPS) is 17.4. The Morgan fingerprint density at radius 2 is 1.78 bits per heavy atom. The molecule has 0 N–H and O–H groups in total. The summed E-state index contributed by atoms with van der Waals surface area (Å²) in [6.07, 6.45) is 1.37. The summed E-state index contributed by atoms with van der Waals surface area (Å²) in [4.78, 5) is 15.1. The number of rotatable bonds is 6. The van der Waals surface area contributed by atoms with Crippen molar-refractivity contribution in [1.29, 1.82) is 0 Å². The number of carbonyl (C=O) groups excluding carboxylic acids is 1. The number of carbonyl (C=O) groups is 1. The van der Waals surface area contributed by atoms with Gasteiger partial charge in [0.15, 0.2) is 21.3 Å². The molecule has 1 saturated heterocycles. The Balaban J connectivity index is 1.62. The topological polar surface area (TPSA) is 80.5 Å². The summed E-state index contributed by atoms with van der Waals surface area (Å²) < 4.78 is 29.7. The third-order valence-electron chi connectivity index (χ3n) is 6.21. The van der Waals surface area contributed by atoms with Crippen LogP contribution in [0, 0.1) is 13.8 Å². The largest absolute Gasteiger partial charge is 0.355 e. The van der Waals surface area contributed by atoms with Gasteiger partial charge in [-0.3, -0.25) is 4.79 Å². The highest BCUT2D eigenvalue weighted by Crippen LogP contribution is 2.26. The first-order valence-corrected chi connectivity index (χ1v) is 12.7. The minimum Gasteiger partial charge on any atom is -0.355 e. The van der Waals surface area contributed by atoms with Crippen LogP contribution in [0.4, 0.5) is 0 Å². The molecule has 4 rings (SSSR count). The maximum absolute atomic E-state index is 13.4. The molecule has 0 spiro atoms. The summed E-state index contributed by atoms with van der Waals surface area (Å²) in [5.41, 5.74) is 5.51. The van der Waals surface area contributed by atoms with Gasteiger partial charge in [0, 0.05) is 24.2 Å². The molecule has 32 heavy (non-hydrogen) atoms. The van der Waals surface area contributed by atoms with Gasteiger partial charge in [0.25, 0.3) is 5.91 Å². The molecule has 2 aromatic carbocycles. The smallest absolute Gasteiger partial charge is 0.276 e. The molecule has 3 aromatic rings. The molecular formula is C25H28N2O4S. The van der Waals surface area contributed by atoms with Gasteiger partial charge in [0.1, 0.15) is 0 Å². The molecular weight excluding hydrogens is 424 g/mol. The highest BCUT2D eigenvalue weighted by atomic mass is 32.2. The first-order valence-electron chi connectivity index (χ1n) is 10.9. The van der Waals surface area contributed by atoms with Crippen LogP contribution in [0.15, 0.2) is 53.1 Å².